The molecule has 2 atom stereocenters. The molecule has 0 aliphatic heterocycles. The number of amides is 1. The number of halogens is 1. The zero-order valence-corrected chi connectivity index (χ0v) is 20.2. The van der Waals surface area contributed by atoms with Crippen LogP contribution in [0.25, 0.3) is 0 Å². The largest absolute Gasteiger partial charge is 0.426 e. The highest BCUT2D eigenvalue weighted by Gasteiger charge is 2.21. The van der Waals surface area contributed by atoms with Crippen molar-refractivity contribution < 1.29 is 14.6 Å². The maximum atomic E-state index is 12.2. The minimum Gasteiger partial charge on any atom is -0.370 e. The van der Waals surface area contributed by atoms with Crippen molar-refractivity contribution in [1.82, 2.24) is 4.90 Å². The van der Waals surface area contributed by atoms with Crippen LogP contribution in [0.3, 0.4) is 0 Å². The zero-order valence-electron chi connectivity index (χ0n) is 18.0. The second-order valence-electron chi connectivity index (χ2n) is 7.22. The summed E-state index contributed by atoms with van der Waals surface area (Å²) in [6.45, 7) is 10.9. The van der Waals surface area contributed by atoms with E-state index in [-0.39, 0.29) is 0 Å². The molecule has 28 heavy (non-hydrogen) atoms. The predicted molar refractivity (Wildman–Crippen MR) is 126 cm³/mol. The van der Waals surface area contributed by atoms with Gasteiger partial charge in [-0.25, -0.2) is 4.79 Å². The van der Waals surface area contributed by atoms with Gasteiger partial charge in [0.2, 0.25) is 0 Å². The van der Waals surface area contributed by atoms with Gasteiger partial charge in [0.1, 0.15) is 6.11 Å². The highest BCUT2D eigenvalue weighted by molar-refractivity contribution is 14.1. The molecule has 0 bridgehead atoms. The van der Waals surface area contributed by atoms with Gasteiger partial charge in [0.25, 0.3) is 0 Å². The molecule has 1 amide bonds. The van der Waals surface area contributed by atoms with Crippen LogP contribution in [0.15, 0.2) is 35.5 Å². The first-order chi connectivity index (χ1) is 13.3. The number of carbonyl (C=O) groups excluding carboxylic acids is 1. The van der Waals surface area contributed by atoms with Gasteiger partial charge in [-0.2, -0.15) is 0 Å². The van der Waals surface area contributed by atoms with Gasteiger partial charge in [-0.1, -0.05) is 72.2 Å². The second-order valence-corrected chi connectivity index (χ2v) is 7.99. The maximum absolute atomic E-state index is 12.2. The fraction of sp³-hybridized carbons (Fsp3) is 0.609. The van der Waals surface area contributed by atoms with Crippen LogP contribution >= 0.6 is 22.6 Å². The van der Waals surface area contributed by atoms with Crippen molar-refractivity contribution in [3.8, 4) is 12.0 Å². The number of nitrogens with zero attached hydrogens (tertiary/aromatic N) is 1. The normalized spacial score (nSPS) is 13.5. The molecule has 0 aromatic carbocycles. The summed E-state index contributed by atoms with van der Waals surface area (Å²) in [5.41, 5.74) is 2.36. The van der Waals surface area contributed by atoms with E-state index in [1.165, 1.54) is 10.5 Å². The Kier molecular flexibility index (Phi) is 15.9. The summed E-state index contributed by atoms with van der Waals surface area (Å²) in [5, 5.41) is 10.5. The molecule has 0 heterocycles. The third kappa shape index (κ3) is 13.8. The lowest BCUT2D eigenvalue weighted by Gasteiger charge is -2.24. The molecule has 0 saturated heterocycles. The van der Waals surface area contributed by atoms with Gasteiger partial charge in [-0.15, -0.1) is 0 Å². The number of hydrogen-bond donors (Lipinski definition) is 1. The fourth-order valence-corrected chi connectivity index (χ4v) is 2.61. The maximum Gasteiger partial charge on any atom is 0.426 e. The Morgan fingerprint density at radius 1 is 1.32 bits per heavy atom. The minimum atomic E-state index is -1.01. The smallest absolute Gasteiger partial charge is 0.370 e. The summed E-state index contributed by atoms with van der Waals surface area (Å²) in [6, 6.07) is 0. The van der Waals surface area contributed by atoms with Crippen LogP contribution in [0.2, 0.25) is 0 Å². The third-order valence-electron chi connectivity index (χ3n) is 4.10. The number of alkyl halides is 1. The van der Waals surface area contributed by atoms with Gasteiger partial charge in [-0.3, -0.25) is 4.90 Å². The first-order valence-corrected chi connectivity index (χ1v) is 11.5. The first-order valence-electron chi connectivity index (χ1n) is 9.98. The van der Waals surface area contributed by atoms with Crippen LogP contribution in [0.4, 0.5) is 4.79 Å². The van der Waals surface area contributed by atoms with Gasteiger partial charge in [0.05, 0.1) is 4.43 Å². The average molecular weight is 501 g/mol. The molecule has 0 fully saturated rings. The molecular formula is C23H36INO3. The zero-order chi connectivity index (χ0) is 21.4. The predicted octanol–water partition coefficient (Wildman–Crippen LogP) is 6.21. The number of hydrogen-bond acceptors (Lipinski definition) is 3. The molecule has 2 unspecified atom stereocenters. The Hall–Kier alpha value is -1.26. The van der Waals surface area contributed by atoms with E-state index in [0.717, 1.165) is 37.7 Å². The molecule has 1 N–H and O–H groups in total. The van der Waals surface area contributed by atoms with Gasteiger partial charge in [0, 0.05) is 6.54 Å². The quantitative estimate of drug-likeness (QED) is 0.120. The number of aliphatic hydroxyl groups is 1. The highest BCUT2D eigenvalue weighted by Crippen LogP contribution is 2.13. The van der Waals surface area contributed by atoms with Gasteiger partial charge in [0.15, 0.2) is 6.23 Å². The molecule has 0 aliphatic carbocycles. The standard InChI is InChI=1S/C23H36INO3/c1-6-7-16-25(23(27)28-17-10-15-24)22(26)18-21(5)14-9-13-20(4)12-8-11-19(2)3/h9,11,13,18,20,22,26H,6-8,12,14-16H2,1-5H3. The lowest BCUT2D eigenvalue weighted by atomic mass is 10.0. The van der Waals surface area contributed by atoms with E-state index in [1.807, 2.05) is 13.8 Å². The SMILES string of the molecule is CCCCN(C(=O)OC#CCI)C(O)C=C(C)CC=CC(C)CCC=C(C)C. The average Bonchev–Trinajstić information content (AvgIpc) is 2.61. The van der Waals surface area contributed by atoms with Crippen LogP contribution in [0.1, 0.15) is 66.7 Å². The van der Waals surface area contributed by atoms with Crippen LogP contribution in [0.5, 0.6) is 0 Å². The van der Waals surface area contributed by atoms with E-state index in [2.05, 4.69) is 73.6 Å². The first kappa shape index (κ1) is 26.7. The van der Waals surface area contributed by atoms with Crippen LogP contribution in [-0.2, 0) is 4.74 Å². The molecule has 0 radical (unpaired) electrons. The molecule has 0 aliphatic rings. The van der Waals surface area contributed by atoms with E-state index in [1.54, 1.807) is 6.08 Å². The van der Waals surface area contributed by atoms with Crippen LogP contribution in [0, 0.1) is 17.9 Å². The number of ether oxygens (including phenoxy) is 1. The molecule has 4 nitrogen and oxygen atoms in total. The van der Waals surface area contributed by atoms with Crippen molar-refractivity contribution in [1.29, 1.82) is 0 Å². The van der Waals surface area contributed by atoms with Crippen LogP contribution in [-0.4, -0.2) is 33.3 Å². The summed E-state index contributed by atoms with van der Waals surface area (Å²) < 4.78 is 5.51. The number of carbonyl (C=O) groups is 1. The molecule has 0 saturated carbocycles. The molecule has 5 heteroatoms. The lowest BCUT2D eigenvalue weighted by Crippen LogP contribution is -2.40. The fourth-order valence-electron chi connectivity index (χ4n) is 2.46. The molecule has 0 aromatic heterocycles. The molecular weight excluding hydrogens is 465 g/mol. The summed E-state index contributed by atoms with van der Waals surface area (Å²) in [4.78, 5) is 13.5. The van der Waals surface area contributed by atoms with Crippen molar-refractivity contribution in [3.63, 3.8) is 0 Å². The van der Waals surface area contributed by atoms with Crippen molar-refractivity contribution in [2.24, 2.45) is 5.92 Å². The van der Waals surface area contributed by atoms with E-state index in [9.17, 15) is 9.90 Å². The third-order valence-corrected chi connectivity index (χ3v) is 4.48. The summed E-state index contributed by atoms with van der Waals surface area (Å²) in [5.74, 6) is 3.20. The van der Waals surface area contributed by atoms with Gasteiger partial charge >= 0.3 is 6.09 Å². The van der Waals surface area contributed by atoms with Crippen molar-refractivity contribution in [3.05, 3.63) is 35.5 Å². The van der Waals surface area contributed by atoms with Crippen molar-refractivity contribution in [2.75, 3.05) is 11.0 Å². The van der Waals surface area contributed by atoms with Crippen molar-refractivity contribution in [2.45, 2.75) is 73.0 Å². The van der Waals surface area contributed by atoms with E-state index < -0.39 is 12.3 Å². The molecule has 0 spiro atoms. The minimum absolute atomic E-state index is 0.434. The van der Waals surface area contributed by atoms with Crippen LogP contribution < -0.4 is 0 Å². The Labute approximate surface area is 185 Å². The monoisotopic (exact) mass is 501 g/mol. The van der Waals surface area contributed by atoms with Crippen molar-refractivity contribution >= 4 is 28.7 Å². The summed E-state index contributed by atoms with van der Waals surface area (Å²) in [6.07, 6.45) is 13.8. The number of aliphatic hydroxyl groups excluding tert-OH is 1. The Bertz CT molecular complexity index is 595. The second kappa shape index (κ2) is 16.7. The molecule has 158 valence electrons. The van der Waals surface area contributed by atoms with E-state index in [0.29, 0.717) is 16.9 Å². The van der Waals surface area contributed by atoms with Gasteiger partial charge in [-0.05, 0) is 64.4 Å². The summed E-state index contributed by atoms with van der Waals surface area (Å²) in [7, 11) is 0. The van der Waals surface area contributed by atoms with E-state index >= 15 is 0 Å². The number of rotatable bonds is 11. The Morgan fingerprint density at radius 3 is 2.64 bits per heavy atom. The molecule has 0 rings (SSSR count). The number of unbranched alkanes of at least 4 members (excludes halogenated alkanes) is 1. The topological polar surface area (TPSA) is 49.8 Å². The summed E-state index contributed by atoms with van der Waals surface area (Å²) >= 11 is 2.08. The highest BCUT2D eigenvalue weighted by atomic mass is 127. The van der Waals surface area contributed by atoms with E-state index in [4.69, 9.17) is 4.74 Å². The molecule has 0 aromatic rings. The Morgan fingerprint density at radius 2 is 2.04 bits per heavy atom. The number of allylic oxidation sites excluding steroid dienone is 5. The Balaban J connectivity index is 4.75. The lowest BCUT2D eigenvalue weighted by molar-refractivity contribution is 0.0417. The van der Waals surface area contributed by atoms with Gasteiger partial charge < -0.3 is 9.84 Å².